The van der Waals surface area contributed by atoms with Crippen molar-refractivity contribution >= 4 is 17.5 Å². The summed E-state index contributed by atoms with van der Waals surface area (Å²) in [6.07, 6.45) is 2.85. The van der Waals surface area contributed by atoms with Gasteiger partial charge in [0.2, 0.25) is 5.91 Å². The van der Waals surface area contributed by atoms with Gasteiger partial charge in [-0.1, -0.05) is 6.07 Å². The summed E-state index contributed by atoms with van der Waals surface area (Å²) in [6.45, 7) is 4.58. The summed E-state index contributed by atoms with van der Waals surface area (Å²) in [5, 5.41) is 7.39. The van der Waals surface area contributed by atoms with Gasteiger partial charge >= 0.3 is 0 Å². The van der Waals surface area contributed by atoms with E-state index in [0.29, 0.717) is 18.8 Å². The molecule has 0 fully saturated rings. The van der Waals surface area contributed by atoms with Gasteiger partial charge in [0.1, 0.15) is 0 Å². The van der Waals surface area contributed by atoms with Crippen molar-refractivity contribution in [3.8, 4) is 5.82 Å². The summed E-state index contributed by atoms with van der Waals surface area (Å²) >= 11 is 5.53. The van der Waals surface area contributed by atoms with Crippen LogP contribution < -0.4 is 5.32 Å². The van der Waals surface area contributed by atoms with Crippen LogP contribution in [0.1, 0.15) is 23.4 Å². The Morgan fingerprint density at radius 2 is 2.19 bits per heavy atom. The Bertz CT molecular complexity index is 610. The van der Waals surface area contributed by atoms with Gasteiger partial charge in [0.05, 0.1) is 5.69 Å². The molecular formula is C15H19ClN4O. The third-order valence-electron chi connectivity index (χ3n) is 3.33. The first-order valence-electron chi connectivity index (χ1n) is 6.92. The molecular weight excluding hydrogens is 288 g/mol. The largest absolute Gasteiger partial charge is 0.356 e. The third-order valence-corrected chi connectivity index (χ3v) is 3.52. The lowest BCUT2D eigenvalue weighted by Gasteiger charge is -2.06. The van der Waals surface area contributed by atoms with Crippen LogP contribution in [0.15, 0.2) is 24.4 Å². The zero-order chi connectivity index (χ0) is 15.2. The second kappa shape index (κ2) is 7.22. The number of amides is 1. The minimum Gasteiger partial charge on any atom is -0.356 e. The van der Waals surface area contributed by atoms with E-state index in [0.717, 1.165) is 29.2 Å². The molecule has 1 amide bonds. The average molecular weight is 307 g/mol. The standard InChI is InChI=1S/C15H19ClN4O/c1-11-13(7-10-18-15(21)6-8-16)12(2)20(19-11)14-5-3-4-9-17-14/h3-5,9H,6-8,10H2,1-2H3,(H,18,21). The molecule has 5 nitrogen and oxygen atoms in total. The first-order chi connectivity index (χ1) is 10.1. The SMILES string of the molecule is Cc1nn(-c2ccccn2)c(C)c1CCNC(=O)CCCl. The van der Waals surface area contributed by atoms with E-state index in [9.17, 15) is 4.79 Å². The monoisotopic (exact) mass is 306 g/mol. The molecule has 1 N–H and O–H groups in total. The lowest BCUT2D eigenvalue weighted by Crippen LogP contribution is -2.25. The minimum absolute atomic E-state index is 0.0163. The predicted molar refractivity (Wildman–Crippen MR) is 82.9 cm³/mol. The number of aryl methyl sites for hydroxylation is 1. The second-order valence-electron chi connectivity index (χ2n) is 4.79. The van der Waals surface area contributed by atoms with E-state index in [-0.39, 0.29) is 5.91 Å². The maximum absolute atomic E-state index is 11.4. The molecule has 0 unspecified atom stereocenters. The quantitative estimate of drug-likeness (QED) is 0.832. The van der Waals surface area contributed by atoms with Gasteiger partial charge < -0.3 is 5.32 Å². The Labute approximate surface area is 129 Å². The summed E-state index contributed by atoms with van der Waals surface area (Å²) in [6, 6.07) is 5.73. The minimum atomic E-state index is -0.0163. The van der Waals surface area contributed by atoms with Crippen molar-refractivity contribution in [3.05, 3.63) is 41.3 Å². The lowest BCUT2D eigenvalue weighted by molar-refractivity contribution is -0.120. The number of halogens is 1. The molecule has 21 heavy (non-hydrogen) atoms. The topological polar surface area (TPSA) is 59.8 Å². The van der Waals surface area contributed by atoms with Crippen LogP contribution in [0.3, 0.4) is 0 Å². The Morgan fingerprint density at radius 1 is 1.38 bits per heavy atom. The van der Waals surface area contributed by atoms with Crippen molar-refractivity contribution in [2.75, 3.05) is 12.4 Å². The average Bonchev–Trinajstić information content (AvgIpc) is 2.76. The van der Waals surface area contributed by atoms with E-state index in [1.165, 1.54) is 0 Å². The molecule has 0 atom stereocenters. The maximum Gasteiger partial charge on any atom is 0.221 e. The van der Waals surface area contributed by atoms with Gasteiger partial charge in [-0.15, -0.1) is 11.6 Å². The molecule has 0 aliphatic heterocycles. The zero-order valence-electron chi connectivity index (χ0n) is 12.3. The van der Waals surface area contributed by atoms with Crippen molar-refractivity contribution in [1.29, 1.82) is 0 Å². The number of carbonyl (C=O) groups is 1. The summed E-state index contributed by atoms with van der Waals surface area (Å²) in [4.78, 5) is 15.7. The molecule has 2 rings (SSSR count). The van der Waals surface area contributed by atoms with Crippen LogP contribution in [0.5, 0.6) is 0 Å². The third kappa shape index (κ3) is 3.82. The van der Waals surface area contributed by atoms with Gasteiger partial charge in [-0.3, -0.25) is 4.79 Å². The van der Waals surface area contributed by atoms with Crippen LogP contribution in [0, 0.1) is 13.8 Å². The number of aromatic nitrogens is 3. The molecule has 6 heteroatoms. The van der Waals surface area contributed by atoms with Gasteiger partial charge in [-0.2, -0.15) is 5.10 Å². The molecule has 0 radical (unpaired) electrons. The molecule has 0 aliphatic rings. The van der Waals surface area contributed by atoms with E-state index in [1.54, 1.807) is 6.20 Å². The lowest BCUT2D eigenvalue weighted by atomic mass is 10.1. The van der Waals surface area contributed by atoms with Crippen molar-refractivity contribution < 1.29 is 4.79 Å². The zero-order valence-corrected chi connectivity index (χ0v) is 13.0. The first kappa shape index (κ1) is 15.5. The molecule has 0 saturated heterocycles. The number of pyridine rings is 1. The Kier molecular flexibility index (Phi) is 5.33. The Balaban J connectivity index is 2.08. The highest BCUT2D eigenvalue weighted by molar-refractivity contribution is 6.18. The van der Waals surface area contributed by atoms with Crippen molar-refractivity contribution in [3.63, 3.8) is 0 Å². The second-order valence-corrected chi connectivity index (χ2v) is 5.17. The van der Waals surface area contributed by atoms with Crippen molar-refractivity contribution in [2.24, 2.45) is 0 Å². The number of nitrogens with one attached hydrogen (secondary N) is 1. The molecule has 0 spiro atoms. The van der Waals surface area contributed by atoms with Crippen LogP contribution >= 0.6 is 11.6 Å². The number of hydrogen-bond donors (Lipinski definition) is 1. The number of hydrogen-bond acceptors (Lipinski definition) is 3. The van der Waals surface area contributed by atoms with E-state index >= 15 is 0 Å². The summed E-state index contributed by atoms with van der Waals surface area (Å²) < 4.78 is 1.84. The fourth-order valence-electron chi connectivity index (χ4n) is 2.24. The predicted octanol–water partition coefficient (Wildman–Crippen LogP) is 2.17. The highest BCUT2D eigenvalue weighted by Gasteiger charge is 2.13. The van der Waals surface area contributed by atoms with Gasteiger partial charge in [-0.25, -0.2) is 9.67 Å². The van der Waals surface area contributed by atoms with Crippen LogP contribution in [0.4, 0.5) is 0 Å². The van der Waals surface area contributed by atoms with Crippen LogP contribution in [-0.4, -0.2) is 33.1 Å². The summed E-state index contributed by atoms with van der Waals surface area (Å²) in [7, 11) is 0. The van der Waals surface area contributed by atoms with Crippen molar-refractivity contribution in [1.82, 2.24) is 20.1 Å². The van der Waals surface area contributed by atoms with E-state index < -0.39 is 0 Å². The first-order valence-corrected chi connectivity index (χ1v) is 7.46. The van der Waals surface area contributed by atoms with Gasteiger partial charge in [0, 0.05) is 30.7 Å². The van der Waals surface area contributed by atoms with Crippen molar-refractivity contribution in [2.45, 2.75) is 26.7 Å². The van der Waals surface area contributed by atoms with Gasteiger partial charge in [0.25, 0.3) is 0 Å². The number of alkyl halides is 1. The van der Waals surface area contributed by atoms with Gasteiger partial charge in [-0.05, 0) is 38.0 Å². The fourth-order valence-corrected chi connectivity index (χ4v) is 2.41. The van der Waals surface area contributed by atoms with Crippen LogP contribution in [0.25, 0.3) is 5.82 Å². The normalized spacial score (nSPS) is 10.6. The smallest absolute Gasteiger partial charge is 0.221 e. The fraction of sp³-hybridized carbons (Fsp3) is 0.400. The summed E-state index contributed by atoms with van der Waals surface area (Å²) in [5.41, 5.74) is 3.16. The molecule has 2 aromatic rings. The van der Waals surface area contributed by atoms with E-state index in [4.69, 9.17) is 11.6 Å². The molecule has 2 aromatic heterocycles. The van der Waals surface area contributed by atoms with E-state index in [2.05, 4.69) is 15.4 Å². The molecule has 0 saturated carbocycles. The molecule has 0 bridgehead atoms. The molecule has 112 valence electrons. The number of carbonyl (C=O) groups excluding carboxylic acids is 1. The number of nitrogens with zero attached hydrogens (tertiary/aromatic N) is 3. The maximum atomic E-state index is 11.4. The Morgan fingerprint density at radius 3 is 2.86 bits per heavy atom. The Hall–Kier alpha value is -1.88. The number of rotatable bonds is 6. The highest BCUT2D eigenvalue weighted by atomic mass is 35.5. The van der Waals surface area contributed by atoms with E-state index in [1.807, 2.05) is 36.7 Å². The molecule has 0 aromatic carbocycles. The van der Waals surface area contributed by atoms with Gasteiger partial charge in [0.15, 0.2) is 5.82 Å². The molecule has 0 aliphatic carbocycles. The molecule has 2 heterocycles. The summed E-state index contributed by atoms with van der Waals surface area (Å²) in [5.74, 6) is 1.13. The highest BCUT2D eigenvalue weighted by Crippen LogP contribution is 2.16. The van der Waals surface area contributed by atoms with Crippen LogP contribution in [-0.2, 0) is 11.2 Å². The van der Waals surface area contributed by atoms with Crippen LogP contribution in [0.2, 0.25) is 0 Å².